The third-order valence-corrected chi connectivity index (χ3v) is 5.97. The second-order valence-electron chi connectivity index (χ2n) is 5.93. The molecule has 0 spiro atoms. The lowest BCUT2D eigenvalue weighted by molar-refractivity contribution is 0.630. The Morgan fingerprint density at radius 1 is 1.19 bits per heavy atom. The molecule has 0 bridgehead atoms. The molecule has 0 aliphatic heterocycles. The van der Waals surface area contributed by atoms with Gasteiger partial charge in [-0.2, -0.15) is 4.68 Å². The molecule has 1 aromatic carbocycles. The Morgan fingerprint density at radius 2 is 1.96 bits per heavy atom. The zero-order valence-corrected chi connectivity index (χ0v) is 16.7. The van der Waals surface area contributed by atoms with Gasteiger partial charge in [-0.25, -0.2) is 9.67 Å². The summed E-state index contributed by atoms with van der Waals surface area (Å²) in [5, 5.41) is 15.5. The summed E-state index contributed by atoms with van der Waals surface area (Å²) in [6.07, 6.45) is 0. The second kappa shape index (κ2) is 7.12. The number of benzene rings is 1. The number of tetrazole rings is 1. The third kappa shape index (κ3) is 3.21. The van der Waals surface area contributed by atoms with Crippen molar-refractivity contribution in [1.82, 2.24) is 34.6 Å². The summed E-state index contributed by atoms with van der Waals surface area (Å²) in [6, 6.07) is 9.51. The summed E-state index contributed by atoms with van der Waals surface area (Å²) < 4.78 is 4.94. The van der Waals surface area contributed by atoms with Crippen LogP contribution in [0.15, 0.2) is 45.7 Å². The lowest BCUT2D eigenvalue weighted by atomic mass is 10.3. The standard InChI is InChI=1S/C17H17N7OS2/c1-11-15(16(25)24(22(11)3)14-7-5-4-6-8-14)23-17(19-20-21-23)27-10-13-9-26-12(2)18-13/h4-9H,10H2,1-3H3. The van der Waals surface area contributed by atoms with Crippen LogP contribution >= 0.6 is 23.1 Å². The highest BCUT2D eigenvalue weighted by Crippen LogP contribution is 2.24. The first-order valence-corrected chi connectivity index (χ1v) is 10.1. The van der Waals surface area contributed by atoms with Gasteiger partial charge in [0.1, 0.15) is 0 Å². The van der Waals surface area contributed by atoms with Crippen LogP contribution in [-0.4, -0.2) is 34.6 Å². The molecule has 0 saturated heterocycles. The van der Waals surface area contributed by atoms with Crippen molar-refractivity contribution in [1.29, 1.82) is 0 Å². The van der Waals surface area contributed by atoms with Crippen molar-refractivity contribution in [2.24, 2.45) is 7.05 Å². The fourth-order valence-corrected chi connectivity index (χ4v) is 4.31. The van der Waals surface area contributed by atoms with Crippen LogP contribution in [0.25, 0.3) is 11.4 Å². The minimum absolute atomic E-state index is 0.167. The van der Waals surface area contributed by atoms with Gasteiger partial charge in [0.25, 0.3) is 5.56 Å². The van der Waals surface area contributed by atoms with Gasteiger partial charge in [0.2, 0.25) is 5.16 Å². The molecule has 0 amide bonds. The Morgan fingerprint density at radius 3 is 2.67 bits per heavy atom. The first-order valence-electron chi connectivity index (χ1n) is 8.23. The van der Waals surface area contributed by atoms with Crippen molar-refractivity contribution < 1.29 is 0 Å². The van der Waals surface area contributed by atoms with Crippen LogP contribution in [0.4, 0.5) is 0 Å². The van der Waals surface area contributed by atoms with E-state index in [0.717, 1.165) is 22.1 Å². The van der Waals surface area contributed by atoms with E-state index in [2.05, 4.69) is 20.5 Å². The summed E-state index contributed by atoms with van der Waals surface area (Å²) in [4.78, 5) is 17.6. The minimum atomic E-state index is -0.167. The molecule has 0 atom stereocenters. The third-order valence-electron chi connectivity index (χ3n) is 4.19. The monoisotopic (exact) mass is 399 g/mol. The molecule has 8 nitrogen and oxygen atoms in total. The van der Waals surface area contributed by atoms with Crippen LogP contribution < -0.4 is 5.56 Å². The summed E-state index contributed by atoms with van der Waals surface area (Å²) in [7, 11) is 1.85. The van der Waals surface area contributed by atoms with Crippen molar-refractivity contribution in [3.05, 3.63) is 62.5 Å². The molecule has 0 N–H and O–H groups in total. The van der Waals surface area contributed by atoms with Crippen molar-refractivity contribution in [2.45, 2.75) is 24.8 Å². The highest BCUT2D eigenvalue weighted by atomic mass is 32.2. The molecular formula is C17H17N7OS2. The van der Waals surface area contributed by atoms with Gasteiger partial charge in [0.05, 0.1) is 22.1 Å². The van der Waals surface area contributed by atoms with Crippen molar-refractivity contribution in [3.63, 3.8) is 0 Å². The average Bonchev–Trinajstić information content (AvgIpc) is 3.34. The molecule has 138 valence electrons. The summed E-state index contributed by atoms with van der Waals surface area (Å²) in [6.45, 7) is 3.86. The van der Waals surface area contributed by atoms with Gasteiger partial charge in [-0.3, -0.25) is 9.48 Å². The van der Waals surface area contributed by atoms with E-state index in [9.17, 15) is 4.79 Å². The molecule has 3 aromatic heterocycles. The van der Waals surface area contributed by atoms with Gasteiger partial charge >= 0.3 is 0 Å². The number of rotatable bonds is 5. The number of aromatic nitrogens is 7. The van der Waals surface area contributed by atoms with Crippen LogP contribution in [0.3, 0.4) is 0 Å². The SMILES string of the molecule is Cc1nc(CSc2nnnn2-c2c(C)n(C)n(-c3ccccc3)c2=O)cs1. The Bertz CT molecular complexity index is 1140. The molecule has 27 heavy (non-hydrogen) atoms. The lowest BCUT2D eigenvalue weighted by Gasteiger charge is -2.07. The van der Waals surface area contributed by atoms with E-state index >= 15 is 0 Å². The van der Waals surface area contributed by atoms with E-state index in [1.807, 2.05) is 61.3 Å². The molecule has 0 saturated carbocycles. The van der Waals surface area contributed by atoms with Gasteiger partial charge in [-0.15, -0.1) is 16.4 Å². The van der Waals surface area contributed by atoms with Crippen LogP contribution in [0.1, 0.15) is 16.4 Å². The molecule has 4 aromatic rings. The molecular weight excluding hydrogens is 382 g/mol. The van der Waals surface area contributed by atoms with E-state index in [-0.39, 0.29) is 5.56 Å². The molecule has 3 heterocycles. The van der Waals surface area contributed by atoms with Crippen LogP contribution in [0.5, 0.6) is 0 Å². The zero-order chi connectivity index (χ0) is 19.0. The van der Waals surface area contributed by atoms with E-state index in [0.29, 0.717) is 16.6 Å². The summed E-state index contributed by atoms with van der Waals surface area (Å²) >= 11 is 3.07. The fourth-order valence-electron chi connectivity index (χ4n) is 2.82. The summed E-state index contributed by atoms with van der Waals surface area (Å²) in [5.74, 6) is 0.642. The van der Waals surface area contributed by atoms with Crippen LogP contribution in [-0.2, 0) is 12.8 Å². The Labute approximate surface area is 163 Å². The normalized spacial score (nSPS) is 11.2. The molecule has 0 unspecified atom stereocenters. The van der Waals surface area contributed by atoms with Gasteiger partial charge in [0, 0.05) is 18.2 Å². The Hall–Kier alpha value is -2.72. The Balaban J connectivity index is 1.73. The number of aryl methyl sites for hydroxylation is 1. The number of nitrogens with zero attached hydrogens (tertiary/aromatic N) is 7. The maximum Gasteiger partial charge on any atom is 0.297 e. The van der Waals surface area contributed by atoms with E-state index in [1.54, 1.807) is 16.0 Å². The average molecular weight is 400 g/mol. The zero-order valence-electron chi connectivity index (χ0n) is 15.0. The Kier molecular flexibility index (Phi) is 4.66. The maximum atomic E-state index is 13.1. The van der Waals surface area contributed by atoms with E-state index in [1.165, 1.54) is 16.4 Å². The quantitative estimate of drug-likeness (QED) is 0.480. The highest BCUT2D eigenvalue weighted by Gasteiger charge is 2.22. The predicted octanol–water partition coefficient (Wildman–Crippen LogP) is 2.52. The van der Waals surface area contributed by atoms with E-state index in [4.69, 9.17) is 0 Å². The minimum Gasteiger partial charge on any atom is -0.283 e. The van der Waals surface area contributed by atoms with Crippen molar-refractivity contribution in [2.75, 3.05) is 0 Å². The highest BCUT2D eigenvalue weighted by molar-refractivity contribution is 7.98. The summed E-state index contributed by atoms with van der Waals surface area (Å²) in [5.41, 5.74) is 2.83. The maximum absolute atomic E-state index is 13.1. The van der Waals surface area contributed by atoms with Gasteiger partial charge in [-0.05, 0) is 36.4 Å². The van der Waals surface area contributed by atoms with Crippen molar-refractivity contribution in [3.8, 4) is 11.4 Å². The molecule has 0 fully saturated rings. The molecule has 4 rings (SSSR count). The number of thioether (sulfide) groups is 1. The topological polar surface area (TPSA) is 83.4 Å². The predicted molar refractivity (Wildman–Crippen MR) is 105 cm³/mol. The van der Waals surface area contributed by atoms with Gasteiger partial charge < -0.3 is 0 Å². The number of thiazole rings is 1. The van der Waals surface area contributed by atoms with Gasteiger partial charge in [-0.1, -0.05) is 30.0 Å². The number of hydrogen-bond acceptors (Lipinski definition) is 7. The van der Waals surface area contributed by atoms with Crippen molar-refractivity contribution >= 4 is 23.1 Å². The fraction of sp³-hybridized carbons (Fsp3) is 0.235. The molecule has 0 aliphatic carbocycles. The van der Waals surface area contributed by atoms with Crippen LogP contribution in [0, 0.1) is 13.8 Å². The second-order valence-corrected chi connectivity index (χ2v) is 7.93. The van der Waals surface area contributed by atoms with E-state index < -0.39 is 0 Å². The number of hydrogen-bond donors (Lipinski definition) is 0. The first kappa shape index (κ1) is 17.7. The molecule has 0 radical (unpaired) electrons. The molecule has 0 aliphatic rings. The first-order chi connectivity index (χ1) is 13.1. The van der Waals surface area contributed by atoms with Crippen LogP contribution in [0.2, 0.25) is 0 Å². The largest absolute Gasteiger partial charge is 0.297 e. The molecule has 10 heteroatoms. The lowest BCUT2D eigenvalue weighted by Crippen LogP contribution is -2.22. The number of para-hydroxylation sites is 1. The van der Waals surface area contributed by atoms with Gasteiger partial charge in [0.15, 0.2) is 5.69 Å². The smallest absolute Gasteiger partial charge is 0.283 e.